The highest BCUT2D eigenvalue weighted by atomic mass is 79.9. The van der Waals surface area contributed by atoms with Crippen LogP contribution in [-0.4, -0.2) is 17.5 Å². The van der Waals surface area contributed by atoms with Crippen LogP contribution in [0.2, 0.25) is 0 Å². The highest BCUT2D eigenvalue weighted by Crippen LogP contribution is 2.15. The number of alkyl halides is 1. The number of hydrogen-bond acceptors (Lipinski definition) is 2. The molecule has 0 heterocycles. The third kappa shape index (κ3) is 10.4. The molecule has 0 unspecified atom stereocenters. The third-order valence-corrected chi connectivity index (χ3v) is 1.30. The molecule has 0 radical (unpaired) electrons. The summed E-state index contributed by atoms with van der Waals surface area (Å²) in [5, 5.41) is 0. The average Bonchev–Trinajstić information content (AvgIpc) is 1.85. The van der Waals surface area contributed by atoms with Gasteiger partial charge in [-0.1, -0.05) is 29.3 Å². The lowest BCUT2D eigenvalue weighted by atomic mass is 10.2. The SMILES string of the molecule is CCCCOOCC(C)(C)Br. The second kappa shape index (κ2) is 5.98. The van der Waals surface area contributed by atoms with Gasteiger partial charge >= 0.3 is 0 Å². The Hall–Kier alpha value is 0.400. The topological polar surface area (TPSA) is 18.5 Å². The van der Waals surface area contributed by atoms with E-state index in [9.17, 15) is 0 Å². The number of unbranched alkanes of at least 4 members (excludes halogenated alkanes) is 1. The fraction of sp³-hybridized carbons (Fsp3) is 1.00. The Labute approximate surface area is 77.3 Å². The van der Waals surface area contributed by atoms with Gasteiger partial charge in [0.2, 0.25) is 0 Å². The van der Waals surface area contributed by atoms with E-state index in [1.165, 1.54) is 0 Å². The summed E-state index contributed by atoms with van der Waals surface area (Å²) < 4.78 is 0.0131. The molecule has 0 amide bonds. The van der Waals surface area contributed by atoms with Crippen molar-refractivity contribution < 1.29 is 9.78 Å². The number of hydrogen-bond donors (Lipinski definition) is 0. The summed E-state index contributed by atoms with van der Waals surface area (Å²) in [6.07, 6.45) is 2.20. The van der Waals surface area contributed by atoms with Gasteiger partial charge in [0.05, 0.1) is 13.2 Å². The first-order chi connectivity index (χ1) is 5.06. The molecule has 0 aliphatic carbocycles. The molecule has 68 valence electrons. The van der Waals surface area contributed by atoms with Crippen molar-refractivity contribution in [2.75, 3.05) is 13.2 Å². The maximum Gasteiger partial charge on any atom is 0.0970 e. The van der Waals surface area contributed by atoms with Crippen molar-refractivity contribution in [3.63, 3.8) is 0 Å². The van der Waals surface area contributed by atoms with E-state index >= 15 is 0 Å². The molecule has 0 saturated heterocycles. The van der Waals surface area contributed by atoms with Crippen molar-refractivity contribution in [1.29, 1.82) is 0 Å². The molecule has 0 fully saturated rings. The van der Waals surface area contributed by atoms with Gasteiger partial charge in [-0.25, -0.2) is 9.78 Å². The van der Waals surface area contributed by atoms with Gasteiger partial charge in [-0.15, -0.1) is 0 Å². The van der Waals surface area contributed by atoms with Gasteiger partial charge in [-0.05, 0) is 20.3 Å². The smallest absolute Gasteiger partial charge is 0.0970 e. The molecule has 0 rings (SSSR count). The van der Waals surface area contributed by atoms with Crippen molar-refractivity contribution >= 4 is 15.9 Å². The average molecular weight is 225 g/mol. The van der Waals surface area contributed by atoms with Crippen LogP contribution in [0.3, 0.4) is 0 Å². The van der Waals surface area contributed by atoms with E-state index in [1.54, 1.807) is 0 Å². The highest BCUT2D eigenvalue weighted by Gasteiger charge is 2.12. The van der Waals surface area contributed by atoms with Crippen molar-refractivity contribution in [1.82, 2.24) is 0 Å². The summed E-state index contributed by atoms with van der Waals surface area (Å²) in [5.41, 5.74) is 0. The van der Waals surface area contributed by atoms with Crippen LogP contribution in [0, 0.1) is 0 Å². The zero-order valence-corrected chi connectivity index (χ0v) is 9.11. The summed E-state index contributed by atoms with van der Waals surface area (Å²) in [6.45, 7) is 7.47. The Kier molecular flexibility index (Phi) is 6.19. The molecule has 0 aromatic heterocycles. The lowest BCUT2D eigenvalue weighted by molar-refractivity contribution is -0.297. The van der Waals surface area contributed by atoms with Crippen LogP contribution in [-0.2, 0) is 9.78 Å². The number of halogens is 1. The van der Waals surface area contributed by atoms with Gasteiger partial charge < -0.3 is 0 Å². The molecule has 0 atom stereocenters. The lowest BCUT2D eigenvalue weighted by Crippen LogP contribution is -2.18. The minimum Gasteiger partial charge on any atom is -0.237 e. The Morgan fingerprint density at radius 2 is 1.91 bits per heavy atom. The summed E-state index contributed by atoms with van der Waals surface area (Å²) in [6, 6.07) is 0. The summed E-state index contributed by atoms with van der Waals surface area (Å²) in [7, 11) is 0. The number of rotatable bonds is 6. The van der Waals surface area contributed by atoms with Gasteiger partial charge in [-0.2, -0.15) is 0 Å². The van der Waals surface area contributed by atoms with E-state index in [0.29, 0.717) is 13.2 Å². The molecule has 0 aliphatic heterocycles. The second-order valence-electron chi connectivity index (χ2n) is 3.16. The Morgan fingerprint density at radius 3 is 2.36 bits per heavy atom. The minimum atomic E-state index is 0.0131. The maximum absolute atomic E-state index is 4.95. The van der Waals surface area contributed by atoms with Gasteiger partial charge in [0.15, 0.2) is 0 Å². The molecular weight excluding hydrogens is 208 g/mol. The van der Waals surface area contributed by atoms with E-state index < -0.39 is 0 Å². The first-order valence-corrected chi connectivity index (χ1v) is 4.79. The van der Waals surface area contributed by atoms with E-state index in [0.717, 1.165) is 12.8 Å². The first kappa shape index (κ1) is 11.4. The van der Waals surface area contributed by atoms with E-state index in [4.69, 9.17) is 9.78 Å². The predicted octanol–water partition coefficient (Wildman–Crippen LogP) is 2.91. The van der Waals surface area contributed by atoms with E-state index in [2.05, 4.69) is 22.9 Å². The van der Waals surface area contributed by atoms with Crippen molar-refractivity contribution in [3.8, 4) is 0 Å². The quantitative estimate of drug-likeness (QED) is 0.299. The normalized spacial score (nSPS) is 12.0. The van der Waals surface area contributed by atoms with Crippen LogP contribution in [0.15, 0.2) is 0 Å². The summed E-state index contributed by atoms with van der Waals surface area (Å²) in [5.74, 6) is 0. The second-order valence-corrected chi connectivity index (χ2v) is 5.30. The Balaban J connectivity index is 3.02. The van der Waals surface area contributed by atoms with Crippen LogP contribution >= 0.6 is 15.9 Å². The van der Waals surface area contributed by atoms with Crippen LogP contribution in [0.4, 0.5) is 0 Å². The first-order valence-electron chi connectivity index (χ1n) is 3.99. The van der Waals surface area contributed by atoms with Crippen LogP contribution < -0.4 is 0 Å². The minimum absolute atomic E-state index is 0.0131. The summed E-state index contributed by atoms with van der Waals surface area (Å²) >= 11 is 3.44. The monoisotopic (exact) mass is 224 g/mol. The highest BCUT2D eigenvalue weighted by molar-refractivity contribution is 9.10. The molecule has 2 nitrogen and oxygen atoms in total. The zero-order valence-electron chi connectivity index (χ0n) is 7.52. The summed E-state index contributed by atoms with van der Waals surface area (Å²) in [4.78, 5) is 9.87. The molecular formula is C8H17BrO2. The fourth-order valence-electron chi connectivity index (χ4n) is 0.444. The molecule has 11 heavy (non-hydrogen) atoms. The van der Waals surface area contributed by atoms with Gasteiger partial charge in [-0.3, -0.25) is 0 Å². The van der Waals surface area contributed by atoms with Crippen molar-refractivity contribution in [2.24, 2.45) is 0 Å². The van der Waals surface area contributed by atoms with Crippen molar-refractivity contribution in [2.45, 2.75) is 37.9 Å². The molecule has 0 aliphatic rings. The van der Waals surface area contributed by atoms with Gasteiger partial charge in [0.25, 0.3) is 0 Å². The molecule has 0 bridgehead atoms. The molecule has 0 saturated carbocycles. The van der Waals surface area contributed by atoms with Gasteiger partial charge in [0.1, 0.15) is 0 Å². The standard InChI is InChI=1S/C8H17BrO2/c1-4-5-6-10-11-7-8(2,3)9/h4-7H2,1-3H3. The molecule has 0 aromatic rings. The molecule has 0 N–H and O–H groups in total. The fourth-order valence-corrected chi connectivity index (χ4v) is 0.537. The molecule has 3 heteroatoms. The van der Waals surface area contributed by atoms with E-state index in [-0.39, 0.29) is 4.32 Å². The molecule has 0 spiro atoms. The van der Waals surface area contributed by atoms with Crippen molar-refractivity contribution in [3.05, 3.63) is 0 Å². The maximum atomic E-state index is 4.95. The van der Waals surface area contributed by atoms with Gasteiger partial charge in [0, 0.05) is 4.32 Å². The van der Waals surface area contributed by atoms with Crippen LogP contribution in [0.25, 0.3) is 0 Å². The van der Waals surface area contributed by atoms with Crippen LogP contribution in [0.5, 0.6) is 0 Å². The molecule has 0 aromatic carbocycles. The third-order valence-electron chi connectivity index (χ3n) is 1.07. The van der Waals surface area contributed by atoms with Crippen LogP contribution in [0.1, 0.15) is 33.6 Å². The predicted molar refractivity (Wildman–Crippen MR) is 49.8 cm³/mol. The Bertz CT molecular complexity index is 88.6. The van der Waals surface area contributed by atoms with E-state index in [1.807, 2.05) is 13.8 Å². The zero-order chi connectivity index (χ0) is 8.74. The lowest BCUT2D eigenvalue weighted by Gasteiger charge is -2.14. The Morgan fingerprint density at radius 1 is 1.27 bits per heavy atom. The largest absolute Gasteiger partial charge is 0.237 e.